The molecule has 0 aliphatic rings. The van der Waals surface area contributed by atoms with E-state index < -0.39 is 0 Å². The molecule has 19 heavy (non-hydrogen) atoms. The van der Waals surface area contributed by atoms with E-state index in [1.165, 1.54) is 11.1 Å². The average molecular weight is 258 g/mol. The van der Waals surface area contributed by atoms with Crippen LogP contribution in [0, 0.1) is 13.8 Å². The second kappa shape index (κ2) is 5.53. The summed E-state index contributed by atoms with van der Waals surface area (Å²) >= 11 is 0. The van der Waals surface area contributed by atoms with Crippen molar-refractivity contribution < 1.29 is 0 Å². The fourth-order valence-electron chi connectivity index (χ4n) is 2.39. The first-order valence-corrected chi connectivity index (χ1v) is 6.69. The normalized spacial score (nSPS) is 12.9. The van der Waals surface area contributed by atoms with Gasteiger partial charge in [0.15, 0.2) is 0 Å². The van der Waals surface area contributed by atoms with Crippen LogP contribution in [0.5, 0.6) is 0 Å². The third-order valence-corrected chi connectivity index (χ3v) is 3.21. The van der Waals surface area contributed by atoms with Gasteiger partial charge in [0.25, 0.3) is 0 Å². The second-order valence-electron chi connectivity index (χ2n) is 5.45. The Morgan fingerprint density at radius 1 is 1.16 bits per heavy atom. The highest BCUT2D eigenvalue weighted by molar-refractivity contribution is 5.30. The van der Waals surface area contributed by atoms with Crippen LogP contribution in [-0.4, -0.2) is 14.8 Å². The maximum atomic E-state index is 6.31. The Labute approximate surface area is 114 Å². The van der Waals surface area contributed by atoms with Gasteiger partial charge in [-0.2, -0.15) is 5.10 Å². The van der Waals surface area contributed by atoms with Crippen LogP contribution < -0.4 is 5.73 Å². The quantitative estimate of drug-likeness (QED) is 0.917. The van der Waals surface area contributed by atoms with Gasteiger partial charge in [0, 0.05) is 18.5 Å². The van der Waals surface area contributed by atoms with Crippen molar-refractivity contribution >= 4 is 0 Å². The molecule has 0 saturated heterocycles. The molecular formula is C15H22N4. The van der Waals surface area contributed by atoms with Crippen molar-refractivity contribution in [3.63, 3.8) is 0 Å². The van der Waals surface area contributed by atoms with Gasteiger partial charge in [-0.15, -0.1) is 0 Å². The number of aryl methyl sites for hydroxylation is 2. The highest BCUT2D eigenvalue weighted by Gasteiger charge is 2.14. The SMILES string of the molecule is Cc1cc(C)cc(C(N)Cc2ncnn2C(C)C)c1. The zero-order chi connectivity index (χ0) is 14.0. The van der Waals surface area contributed by atoms with Crippen molar-refractivity contribution in [2.75, 3.05) is 0 Å². The number of nitrogens with zero attached hydrogens (tertiary/aromatic N) is 3. The molecule has 1 atom stereocenters. The molecule has 0 fully saturated rings. The maximum Gasteiger partial charge on any atom is 0.138 e. The summed E-state index contributed by atoms with van der Waals surface area (Å²) in [5, 5.41) is 4.25. The van der Waals surface area contributed by atoms with E-state index in [0.29, 0.717) is 12.5 Å². The lowest BCUT2D eigenvalue weighted by Crippen LogP contribution is -2.18. The van der Waals surface area contributed by atoms with Crippen molar-refractivity contribution in [1.82, 2.24) is 14.8 Å². The third kappa shape index (κ3) is 3.20. The molecule has 0 spiro atoms. The minimum absolute atomic E-state index is 0.0414. The van der Waals surface area contributed by atoms with Gasteiger partial charge in [0.1, 0.15) is 12.2 Å². The van der Waals surface area contributed by atoms with Crippen LogP contribution in [-0.2, 0) is 6.42 Å². The van der Waals surface area contributed by atoms with E-state index in [1.54, 1.807) is 6.33 Å². The molecule has 0 amide bonds. The molecule has 2 aromatic rings. The number of nitrogens with two attached hydrogens (primary N) is 1. The van der Waals surface area contributed by atoms with Crippen molar-refractivity contribution in [1.29, 1.82) is 0 Å². The van der Waals surface area contributed by atoms with Crippen molar-refractivity contribution in [3.05, 3.63) is 47.0 Å². The van der Waals surface area contributed by atoms with Gasteiger partial charge in [-0.1, -0.05) is 29.3 Å². The molecule has 1 aromatic heterocycles. The van der Waals surface area contributed by atoms with E-state index in [9.17, 15) is 0 Å². The molecule has 1 heterocycles. The molecule has 102 valence electrons. The first-order valence-electron chi connectivity index (χ1n) is 6.69. The summed E-state index contributed by atoms with van der Waals surface area (Å²) in [6.45, 7) is 8.39. The van der Waals surface area contributed by atoms with E-state index >= 15 is 0 Å². The van der Waals surface area contributed by atoms with E-state index in [1.807, 2.05) is 4.68 Å². The largest absolute Gasteiger partial charge is 0.324 e. The summed E-state index contributed by atoms with van der Waals surface area (Å²) in [5.74, 6) is 0.946. The predicted molar refractivity (Wildman–Crippen MR) is 77.0 cm³/mol. The van der Waals surface area contributed by atoms with Crippen LogP contribution in [0.1, 0.15) is 48.4 Å². The Balaban J connectivity index is 2.20. The first kappa shape index (κ1) is 13.7. The van der Waals surface area contributed by atoms with Gasteiger partial charge in [0.2, 0.25) is 0 Å². The van der Waals surface area contributed by atoms with Crippen molar-refractivity contribution in [2.45, 2.75) is 46.2 Å². The first-order chi connectivity index (χ1) is 8.97. The van der Waals surface area contributed by atoms with Crippen LogP contribution >= 0.6 is 0 Å². The lowest BCUT2D eigenvalue weighted by atomic mass is 9.99. The summed E-state index contributed by atoms with van der Waals surface area (Å²) < 4.78 is 1.93. The highest BCUT2D eigenvalue weighted by atomic mass is 15.3. The Bertz CT molecular complexity index is 537. The summed E-state index contributed by atoms with van der Waals surface area (Å²) in [4.78, 5) is 4.32. The second-order valence-corrected chi connectivity index (χ2v) is 5.45. The fourth-order valence-corrected chi connectivity index (χ4v) is 2.39. The molecule has 2 N–H and O–H groups in total. The van der Waals surface area contributed by atoms with Gasteiger partial charge in [-0.05, 0) is 33.3 Å². The van der Waals surface area contributed by atoms with E-state index in [4.69, 9.17) is 5.73 Å². The van der Waals surface area contributed by atoms with Crippen LogP contribution in [0.15, 0.2) is 24.5 Å². The molecule has 1 unspecified atom stereocenters. The van der Waals surface area contributed by atoms with E-state index in [0.717, 1.165) is 11.4 Å². The molecule has 0 bridgehead atoms. The van der Waals surface area contributed by atoms with Gasteiger partial charge in [0.05, 0.1) is 0 Å². The molecule has 0 aliphatic heterocycles. The molecule has 0 radical (unpaired) electrons. The highest BCUT2D eigenvalue weighted by Crippen LogP contribution is 2.19. The van der Waals surface area contributed by atoms with Crippen LogP contribution in [0.4, 0.5) is 0 Å². The lowest BCUT2D eigenvalue weighted by Gasteiger charge is -2.15. The number of hydrogen-bond acceptors (Lipinski definition) is 3. The minimum atomic E-state index is -0.0414. The summed E-state index contributed by atoms with van der Waals surface area (Å²) in [7, 11) is 0. The molecule has 2 rings (SSSR count). The predicted octanol–water partition coefficient (Wildman–Crippen LogP) is 2.72. The Kier molecular flexibility index (Phi) is 4.00. The minimum Gasteiger partial charge on any atom is -0.324 e. The lowest BCUT2D eigenvalue weighted by molar-refractivity contribution is 0.493. The standard InChI is InChI=1S/C15H22N4/c1-10(2)19-15(17-9-18-19)8-14(16)13-6-11(3)5-12(4)7-13/h5-7,9-10,14H,8,16H2,1-4H3. The van der Waals surface area contributed by atoms with Gasteiger partial charge in [-0.25, -0.2) is 9.67 Å². The van der Waals surface area contributed by atoms with Crippen LogP contribution in [0.3, 0.4) is 0 Å². The monoisotopic (exact) mass is 258 g/mol. The van der Waals surface area contributed by atoms with Crippen LogP contribution in [0.25, 0.3) is 0 Å². The smallest absolute Gasteiger partial charge is 0.138 e. The molecule has 4 nitrogen and oxygen atoms in total. The molecule has 1 aromatic carbocycles. The maximum absolute atomic E-state index is 6.31. The third-order valence-electron chi connectivity index (χ3n) is 3.21. The van der Waals surface area contributed by atoms with Gasteiger partial charge < -0.3 is 5.73 Å². The molecule has 0 aliphatic carbocycles. The Morgan fingerprint density at radius 3 is 2.37 bits per heavy atom. The van der Waals surface area contributed by atoms with Gasteiger partial charge >= 0.3 is 0 Å². The average Bonchev–Trinajstić information content (AvgIpc) is 2.75. The number of benzene rings is 1. The zero-order valence-corrected chi connectivity index (χ0v) is 12.1. The summed E-state index contributed by atoms with van der Waals surface area (Å²) in [6.07, 6.45) is 2.31. The summed E-state index contributed by atoms with van der Waals surface area (Å²) in [5.41, 5.74) is 9.97. The number of rotatable bonds is 4. The molecule has 0 saturated carbocycles. The fraction of sp³-hybridized carbons (Fsp3) is 0.467. The van der Waals surface area contributed by atoms with E-state index in [2.05, 4.69) is 56.0 Å². The molecule has 4 heteroatoms. The summed E-state index contributed by atoms with van der Waals surface area (Å²) in [6, 6.07) is 6.72. The van der Waals surface area contributed by atoms with Gasteiger partial charge in [-0.3, -0.25) is 0 Å². The molecular weight excluding hydrogens is 236 g/mol. The Morgan fingerprint density at radius 2 is 1.79 bits per heavy atom. The van der Waals surface area contributed by atoms with Crippen molar-refractivity contribution in [2.24, 2.45) is 5.73 Å². The zero-order valence-electron chi connectivity index (χ0n) is 12.1. The van der Waals surface area contributed by atoms with E-state index in [-0.39, 0.29) is 6.04 Å². The Hall–Kier alpha value is -1.68. The van der Waals surface area contributed by atoms with Crippen LogP contribution in [0.2, 0.25) is 0 Å². The number of aromatic nitrogens is 3. The van der Waals surface area contributed by atoms with Crippen molar-refractivity contribution in [3.8, 4) is 0 Å². The number of hydrogen-bond donors (Lipinski definition) is 1. The topological polar surface area (TPSA) is 56.7 Å².